The lowest BCUT2D eigenvalue weighted by atomic mass is 10.0. The lowest BCUT2D eigenvalue weighted by Gasteiger charge is -2.35. The van der Waals surface area contributed by atoms with Gasteiger partial charge in [-0.2, -0.15) is 0 Å². The first-order valence-electron chi connectivity index (χ1n) is 12.7. The number of tetrazole rings is 1. The number of rotatable bonds is 8. The van der Waals surface area contributed by atoms with Crippen molar-refractivity contribution in [1.82, 2.24) is 30.1 Å². The molecule has 2 aromatic carbocycles. The number of benzene rings is 2. The van der Waals surface area contributed by atoms with Crippen molar-refractivity contribution >= 4 is 10.9 Å². The van der Waals surface area contributed by atoms with Crippen molar-refractivity contribution in [2.75, 3.05) is 0 Å². The third kappa shape index (κ3) is 4.91. The summed E-state index contributed by atoms with van der Waals surface area (Å²) >= 11 is 0. The summed E-state index contributed by atoms with van der Waals surface area (Å²) in [5.41, 5.74) is 5.19. The molecule has 1 saturated carbocycles. The van der Waals surface area contributed by atoms with E-state index in [1.54, 1.807) is 0 Å². The molecule has 0 aliphatic heterocycles. The van der Waals surface area contributed by atoms with Crippen LogP contribution in [0.4, 0.5) is 0 Å². The van der Waals surface area contributed by atoms with Crippen LogP contribution >= 0.6 is 0 Å². The topological polar surface area (TPSA) is 79.7 Å². The molecular formula is C28H34N6O. The van der Waals surface area contributed by atoms with Gasteiger partial charge in [-0.15, -0.1) is 5.10 Å². The maximum Gasteiger partial charge on any atom is 0.252 e. The Kier molecular flexibility index (Phi) is 6.77. The molecule has 0 saturated heterocycles. The summed E-state index contributed by atoms with van der Waals surface area (Å²) in [5.74, 6) is 0.868. The average Bonchev–Trinajstić information content (AvgIpc) is 3.53. The van der Waals surface area contributed by atoms with Crippen molar-refractivity contribution in [3.05, 3.63) is 87.0 Å². The molecule has 0 amide bonds. The van der Waals surface area contributed by atoms with Gasteiger partial charge in [0.05, 0.1) is 18.1 Å². The van der Waals surface area contributed by atoms with Gasteiger partial charge >= 0.3 is 0 Å². The minimum atomic E-state index is -0.00817. The third-order valence-electron chi connectivity index (χ3n) is 7.34. The van der Waals surface area contributed by atoms with Crippen LogP contribution in [0, 0.1) is 13.8 Å². The fourth-order valence-electron chi connectivity index (χ4n) is 5.66. The molecule has 2 heterocycles. The highest BCUT2D eigenvalue weighted by atomic mass is 16.1. The van der Waals surface area contributed by atoms with Gasteiger partial charge in [0.1, 0.15) is 0 Å². The second kappa shape index (κ2) is 10.1. The normalized spacial score (nSPS) is 15.3. The predicted molar refractivity (Wildman–Crippen MR) is 138 cm³/mol. The standard InChI is InChI=1S/C28H34N6O/c1-4-25(27-30-31-32-34(27)17-21-10-6-5-7-11-21)33(24-12-8-9-13-24)18-23-16-22-15-19(2)14-20(3)26(22)29-28(23)35/h5-7,10-11,14-16,24-25H,4,8-9,12-13,17-18H2,1-3H3,(H,29,35). The Balaban J connectivity index is 1.51. The number of nitrogens with one attached hydrogen (secondary N) is 1. The predicted octanol–water partition coefficient (Wildman–Crippen LogP) is 5.08. The quantitative estimate of drug-likeness (QED) is 0.389. The lowest BCUT2D eigenvalue weighted by molar-refractivity contribution is 0.112. The van der Waals surface area contributed by atoms with Gasteiger partial charge in [0.15, 0.2) is 5.82 Å². The smallest absolute Gasteiger partial charge is 0.252 e. The minimum absolute atomic E-state index is 0.00817. The molecule has 0 radical (unpaired) electrons. The van der Waals surface area contributed by atoms with E-state index in [0.29, 0.717) is 19.1 Å². The van der Waals surface area contributed by atoms with Gasteiger partial charge < -0.3 is 4.98 Å². The fourth-order valence-corrected chi connectivity index (χ4v) is 5.66. The Morgan fingerprint density at radius 1 is 1.11 bits per heavy atom. The first kappa shape index (κ1) is 23.4. The van der Waals surface area contributed by atoms with Crippen molar-refractivity contribution in [2.45, 2.75) is 78.0 Å². The number of aromatic nitrogens is 5. The number of H-pyrrole nitrogens is 1. The van der Waals surface area contributed by atoms with Crippen molar-refractivity contribution in [3.8, 4) is 0 Å². The Bertz CT molecular complexity index is 1350. The molecule has 4 aromatic rings. The second-order valence-corrected chi connectivity index (χ2v) is 9.88. The van der Waals surface area contributed by atoms with E-state index in [-0.39, 0.29) is 11.6 Å². The average molecular weight is 471 g/mol. The van der Waals surface area contributed by atoms with Crippen LogP contribution < -0.4 is 5.56 Å². The maximum absolute atomic E-state index is 13.2. The van der Waals surface area contributed by atoms with Gasteiger partial charge in [0, 0.05) is 18.2 Å². The molecule has 1 N–H and O–H groups in total. The summed E-state index contributed by atoms with van der Waals surface area (Å²) in [6, 6.07) is 17.1. The highest BCUT2D eigenvalue weighted by molar-refractivity contribution is 5.82. The molecular weight excluding hydrogens is 436 g/mol. The Labute approximate surface area is 206 Å². The molecule has 1 aliphatic carbocycles. The number of hydrogen-bond donors (Lipinski definition) is 1. The lowest BCUT2D eigenvalue weighted by Crippen LogP contribution is -2.39. The van der Waals surface area contributed by atoms with Gasteiger partial charge in [0.2, 0.25) is 0 Å². The SMILES string of the molecule is CCC(c1nnnn1Cc1ccccc1)N(Cc1cc2cc(C)cc(C)c2[nH]c1=O)C1CCCC1. The molecule has 1 fully saturated rings. The molecule has 1 aliphatic rings. The van der Waals surface area contributed by atoms with E-state index in [9.17, 15) is 4.79 Å². The first-order valence-corrected chi connectivity index (χ1v) is 12.7. The summed E-state index contributed by atoms with van der Waals surface area (Å²) in [6.45, 7) is 7.55. The van der Waals surface area contributed by atoms with Gasteiger partial charge in [-0.3, -0.25) is 9.69 Å². The zero-order valence-electron chi connectivity index (χ0n) is 20.9. The molecule has 0 spiro atoms. The van der Waals surface area contributed by atoms with Crippen LogP contribution in [0.5, 0.6) is 0 Å². The van der Waals surface area contributed by atoms with Crippen LogP contribution in [-0.4, -0.2) is 36.1 Å². The molecule has 1 unspecified atom stereocenters. The number of pyridine rings is 1. The van der Waals surface area contributed by atoms with E-state index < -0.39 is 0 Å². The number of aryl methyl sites for hydroxylation is 2. The van der Waals surface area contributed by atoms with Crippen LogP contribution in [-0.2, 0) is 13.1 Å². The van der Waals surface area contributed by atoms with Crippen LogP contribution in [0.2, 0.25) is 0 Å². The summed E-state index contributed by atoms with van der Waals surface area (Å²) in [4.78, 5) is 18.8. The molecule has 1 atom stereocenters. The molecule has 5 rings (SSSR count). The van der Waals surface area contributed by atoms with Crippen LogP contribution in [0.1, 0.15) is 73.1 Å². The van der Waals surface area contributed by atoms with Crippen molar-refractivity contribution in [3.63, 3.8) is 0 Å². The first-order chi connectivity index (χ1) is 17.0. The van der Waals surface area contributed by atoms with Crippen LogP contribution in [0.25, 0.3) is 10.9 Å². The molecule has 7 heteroatoms. The molecule has 35 heavy (non-hydrogen) atoms. The van der Waals surface area contributed by atoms with E-state index in [0.717, 1.165) is 47.1 Å². The zero-order valence-corrected chi connectivity index (χ0v) is 20.9. The van der Waals surface area contributed by atoms with E-state index >= 15 is 0 Å². The summed E-state index contributed by atoms with van der Waals surface area (Å²) in [5, 5.41) is 14.0. The summed E-state index contributed by atoms with van der Waals surface area (Å²) in [6.07, 6.45) is 5.59. The van der Waals surface area contributed by atoms with E-state index in [1.165, 1.54) is 24.0 Å². The summed E-state index contributed by atoms with van der Waals surface area (Å²) in [7, 11) is 0. The molecule has 2 aromatic heterocycles. The number of nitrogens with zero attached hydrogens (tertiary/aromatic N) is 5. The fraction of sp³-hybridized carbons (Fsp3) is 0.429. The van der Waals surface area contributed by atoms with Crippen molar-refractivity contribution in [1.29, 1.82) is 0 Å². The van der Waals surface area contributed by atoms with Gasteiger partial charge in [-0.05, 0) is 72.2 Å². The maximum atomic E-state index is 13.2. The van der Waals surface area contributed by atoms with E-state index in [1.807, 2.05) is 22.9 Å². The third-order valence-corrected chi connectivity index (χ3v) is 7.34. The number of aromatic amines is 1. The molecule has 0 bridgehead atoms. The monoisotopic (exact) mass is 470 g/mol. The molecule has 182 valence electrons. The number of fused-ring (bicyclic) bond motifs is 1. The second-order valence-electron chi connectivity index (χ2n) is 9.88. The van der Waals surface area contributed by atoms with Crippen LogP contribution in [0.15, 0.2) is 53.3 Å². The highest BCUT2D eigenvalue weighted by Crippen LogP contribution is 2.34. The number of hydrogen-bond acceptors (Lipinski definition) is 5. The Hall–Kier alpha value is -3.32. The summed E-state index contributed by atoms with van der Waals surface area (Å²) < 4.78 is 1.92. The van der Waals surface area contributed by atoms with E-state index in [2.05, 4.69) is 76.5 Å². The zero-order chi connectivity index (χ0) is 24.4. The molecule has 7 nitrogen and oxygen atoms in total. The highest BCUT2D eigenvalue weighted by Gasteiger charge is 2.32. The van der Waals surface area contributed by atoms with Gasteiger partial charge in [0.25, 0.3) is 5.56 Å². The largest absolute Gasteiger partial charge is 0.321 e. The van der Waals surface area contributed by atoms with Crippen molar-refractivity contribution < 1.29 is 0 Å². The Morgan fingerprint density at radius 3 is 2.63 bits per heavy atom. The van der Waals surface area contributed by atoms with E-state index in [4.69, 9.17) is 0 Å². The minimum Gasteiger partial charge on any atom is -0.321 e. The van der Waals surface area contributed by atoms with Gasteiger partial charge in [-0.25, -0.2) is 4.68 Å². The van der Waals surface area contributed by atoms with Crippen LogP contribution in [0.3, 0.4) is 0 Å². The van der Waals surface area contributed by atoms with Crippen molar-refractivity contribution in [2.24, 2.45) is 0 Å². The Morgan fingerprint density at radius 2 is 1.89 bits per heavy atom. The van der Waals surface area contributed by atoms with Gasteiger partial charge in [-0.1, -0.05) is 61.7 Å².